The summed E-state index contributed by atoms with van der Waals surface area (Å²) >= 11 is 12.6. The average Bonchev–Trinajstić information content (AvgIpc) is 2.52. The number of benzene rings is 1. The topological polar surface area (TPSA) is 91.9 Å². The third-order valence-corrected chi connectivity index (χ3v) is 3.97. The number of nitrogens with two attached hydrogens (primary N) is 1. The Kier molecular flexibility index (Phi) is 6.78. The number of rotatable bonds is 5. The number of hydrogen-bond acceptors (Lipinski definition) is 4. The molecular weight excluding hydrogens is 343 g/mol. The first-order valence-electron chi connectivity index (χ1n) is 6.86. The van der Waals surface area contributed by atoms with Gasteiger partial charge in [-0.2, -0.15) is 0 Å². The van der Waals surface area contributed by atoms with E-state index >= 15 is 0 Å². The number of ether oxygens (including phenoxy) is 2. The Morgan fingerprint density at radius 2 is 1.61 bits per heavy atom. The number of nitrogens with one attached hydrogen (secondary N) is 1. The Hall–Kier alpha value is -1.86. The second-order valence-corrected chi connectivity index (χ2v) is 5.19. The summed E-state index contributed by atoms with van der Waals surface area (Å²) in [6, 6.07) is 0.982. The van der Waals surface area contributed by atoms with E-state index in [0.717, 1.165) is 4.90 Å². The monoisotopic (exact) mass is 362 g/mol. The highest BCUT2D eigenvalue weighted by atomic mass is 35.5. The maximum atomic E-state index is 12.7. The highest BCUT2D eigenvalue weighted by Crippen LogP contribution is 2.46. The molecule has 1 aromatic rings. The molecule has 128 valence electrons. The fourth-order valence-electron chi connectivity index (χ4n) is 2.02. The van der Waals surface area contributed by atoms with E-state index < -0.39 is 12.0 Å². The fourth-order valence-corrected chi connectivity index (χ4v) is 2.69. The number of urea groups is 1. The van der Waals surface area contributed by atoms with Gasteiger partial charge in [0.25, 0.3) is 0 Å². The van der Waals surface area contributed by atoms with Crippen LogP contribution in [0.25, 0.3) is 0 Å². The molecule has 0 aliphatic carbocycles. The van der Waals surface area contributed by atoms with Gasteiger partial charge in [-0.3, -0.25) is 5.41 Å². The van der Waals surface area contributed by atoms with Crippen molar-refractivity contribution in [3.05, 3.63) is 16.1 Å². The average molecular weight is 363 g/mol. The Morgan fingerprint density at radius 1 is 1.17 bits per heavy atom. The van der Waals surface area contributed by atoms with E-state index in [1.807, 2.05) is 13.8 Å². The molecule has 0 bridgehead atoms. The molecule has 7 nitrogen and oxygen atoms in total. The molecule has 1 rings (SSSR count). The van der Waals surface area contributed by atoms with Crippen LogP contribution in [0.5, 0.6) is 11.5 Å². The predicted octanol–water partition coefficient (Wildman–Crippen LogP) is 3.17. The number of anilines is 1. The summed E-state index contributed by atoms with van der Waals surface area (Å²) in [6.07, 6.45) is 0. The molecule has 3 N–H and O–H groups in total. The van der Waals surface area contributed by atoms with E-state index in [1.54, 1.807) is 0 Å². The van der Waals surface area contributed by atoms with Gasteiger partial charge in [-0.05, 0) is 13.8 Å². The standard InChI is InChI=1S/C14H20Cl2N4O3/c1-5-19(6-2)14(21)20(13(17)18)12-10(15)8(22-3)7-9(23-4)11(12)16/h7H,5-6H2,1-4H3,(H3,17,18). The summed E-state index contributed by atoms with van der Waals surface area (Å²) < 4.78 is 10.3. The van der Waals surface area contributed by atoms with Gasteiger partial charge < -0.3 is 20.1 Å². The Bertz CT molecular complexity index is 578. The molecule has 0 aromatic heterocycles. The SMILES string of the molecule is CCN(CC)C(=O)N(C(=N)N)c1c(Cl)c(OC)cc(OC)c1Cl. The third-order valence-electron chi connectivity index (χ3n) is 3.24. The summed E-state index contributed by atoms with van der Waals surface area (Å²) in [6.45, 7) is 4.51. The Balaban J connectivity index is 3.60. The predicted molar refractivity (Wildman–Crippen MR) is 92.3 cm³/mol. The lowest BCUT2D eigenvalue weighted by Gasteiger charge is -2.29. The lowest BCUT2D eigenvalue weighted by molar-refractivity contribution is 0.213. The molecule has 9 heteroatoms. The van der Waals surface area contributed by atoms with Crippen LogP contribution in [-0.2, 0) is 0 Å². The van der Waals surface area contributed by atoms with Gasteiger partial charge in [-0.1, -0.05) is 23.2 Å². The van der Waals surface area contributed by atoms with E-state index in [-0.39, 0.29) is 27.2 Å². The van der Waals surface area contributed by atoms with Crippen LogP contribution in [0.15, 0.2) is 6.07 Å². The normalized spacial score (nSPS) is 10.2. The van der Waals surface area contributed by atoms with Crippen LogP contribution in [-0.4, -0.2) is 44.2 Å². The van der Waals surface area contributed by atoms with Gasteiger partial charge in [0.1, 0.15) is 21.5 Å². The third kappa shape index (κ3) is 3.73. The summed E-state index contributed by atoms with van der Waals surface area (Å²) in [5.74, 6) is -0.0102. The van der Waals surface area contributed by atoms with Gasteiger partial charge in [0.15, 0.2) is 0 Å². The Morgan fingerprint density at radius 3 is 1.91 bits per heavy atom. The molecule has 1 aromatic carbocycles. The van der Waals surface area contributed by atoms with Gasteiger partial charge in [0.05, 0.1) is 19.9 Å². The van der Waals surface area contributed by atoms with Crippen molar-refractivity contribution in [1.29, 1.82) is 5.41 Å². The van der Waals surface area contributed by atoms with Crippen LogP contribution in [0, 0.1) is 5.41 Å². The molecule has 2 amide bonds. The van der Waals surface area contributed by atoms with Crippen molar-refractivity contribution in [2.75, 3.05) is 32.2 Å². The van der Waals surface area contributed by atoms with Crippen molar-refractivity contribution >= 4 is 40.9 Å². The molecule has 0 fully saturated rings. The van der Waals surface area contributed by atoms with Crippen LogP contribution < -0.4 is 20.1 Å². The number of halogens is 2. The highest BCUT2D eigenvalue weighted by molar-refractivity contribution is 6.43. The van der Waals surface area contributed by atoms with Gasteiger partial charge >= 0.3 is 6.03 Å². The number of guanidine groups is 1. The maximum absolute atomic E-state index is 12.7. The number of methoxy groups -OCH3 is 2. The molecule has 0 saturated carbocycles. The number of carbonyl (C=O) groups excluding carboxylic acids is 1. The van der Waals surface area contributed by atoms with E-state index in [9.17, 15) is 4.79 Å². The van der Waals surface area contributed by atoms with Crippen LogP contribution in [0.4, 0.5) is 10.5 Å². The molecule has 0 atom stereocenters. The quantitative estimate of drug-likeness (QED) is 0.621. The summed E-state index contributed by atoms with van der Waals surface area (Å²) in [5.41, 5.74) is 5.65. The lowest BCUT2D eigenvalue weighted by atomic mass is 10.2. The van der Waals surface area contributed by atoms with Crippen LogP contribution in [0.3, 0.4) is 0 Å². The zero-order valence-electron chi connectivity index (χ0n) is 13.4. The number of carbonyl (C=O) groups is 1. The Labute approximate surface area is 145 Å². The molecular formula is C14H20Cl2N4O3. The zero-order chi connectivity index (χ0) is 17.7. The minimum atomic E-state index is -0.513. The largest absolute Gasteiger partial charge is 0.495 e. The van der Waals surface area contributed by atoms with Crippen LogP contribution in [0.1, 0.15) is 13.8 Å². The fraction of sp³-hybridized carbons (Fsp3) is 0.429. The molecule has 0 heterocycles. The van der Waals surface area contributed by atoms with E-state index in [2.05, 4.69) is 0 Å². The van der Waals surface area contributed by atoms with Gasteiger partial charge in [0, 0.05) is 19.2 Å². The second-order valence-electron chi connectivity index (χ2n) is 4.43. The van der Waals surface area contributed by atoms with Gasteiger partial charge in [0.2, 0.25) is 5.96 Å². The van der Waals surface area contributed by atoms with Crippen molar-refractivity contribution < 1.29 is 14.3 Å². The number of nitrogens with zero attached hydrogens (tertiary/aromatic N) is 2. The zero-order valence-corrected chi connectivity index (χ0v) is 15.0. The molecule has 23 heavy (non-hydrogen) atoms. The number of hydrogen-bond donors (Lipinski definition) is 2. The van der Waals surface area contributed by atoms with Crippen LogP contribution >= 0.6 is 23.2 Å². The summed E-state index contributed by atoms with van der Waals surface area (Å²) in [7, 11) is 2.84. The van der Waals surface area contributed by atoms with E-state index in [0.29, 0.717) is 13.1 Å². The molecule has 0 radical (unpaired) electrons. The van der Waals surface area contributed by atoms with Gasteiger partial charge in [-0.25, -0.2) is 9.69 Å². The summed E-state index contributed by atoms with van der Waals surface area (Å²) in [4.78, 5) is 15.1. The molecule has 0 aliphatic rings. The lowest BCUT2D eigenvalue weighted by Crippen LogP contribution is -2.49. The van der Waals surface area contributed by atoms with Crippen molar-refractivity contribution in [3.63, 3.8) is 0 Å². The van der Waals surface area contributed by atoms with E-state index in [1.165, 1.54) is 25.2 Å². The highest BCUT2D eigenvalue weighted by Gasteiger charge is 2.30. The van der Waals surface area contributed by atoms with Gasteiger partial charge in [-0.15, -0.1) is 0 Å². The van der Waals surface area contributed by atoms with Crippen molar-refractivity contribution in [1.82, 2.24) is 4.90 Å². The van der Waals surface area contributed by atoms with Crippen LogP contribution in [0.2, 0.25) is 10.0 Å². The molecule has 0 aliphatic heterocycles. The first-order chi connectivity index (χ1) is 10.8. The number of amides is 2. The van der Waals surface area contributed by atoms with Crippen molar-refractivity contribution in [2.45, 2.75) is 13.8 Å². The molecule has 0 unspecified atom stereocenters. The molecule has 0 spiro atoms. The minimum Gasteiger partial charge on any atom is -0.495 e. The van der Waals surface area contributed by atoms with Crippen molar-refractivity contribution in [3.8, 4) is 11.5 Å². The summed E-state index contributed by atoms with van der Waals surface area (Å²) in [5, 5.41) is 7.90. The first kappa shape index (κ1) is 19.2. The first-order valence-corrected chi connectivity index (χ1v) is 7.62. The smallest absolute Gasteiger partial charge is 0.331 e. The maximum Gasteiger partial charge on any atom is 0.331 e. The van der Waals surface area contributed by atoms with E-state index in [4.69, 9.17) is 43.8 Å². The van der Waals surface area contributed by atoms with Crippen molar-refractivity contribution in [2.24, 2.45) is 5.73 Å². The molecule has 0 saturated heterocycles. The second kappa shape index (κ2) is 8.12. The minimum absolute atomic E-state index is 0.0499.